The average Bonchev–Trinajstić information content (AvgIpc) is 3.52. The molecule has 1 aromatic carbocycles. The summed E-state index contributed by atoms with van der Waals surface area (Å²) in [6.07, 6.45) is 0.641. The number of amides is 2. The van der Waals surface area contributed by atoms with Crippen LogP contribution >= 0.6 is 15.9 Å². The van der Waals surface area contributed by atoms with Gasteiger partial charge in [0.25, 0.3) is 11.5 Å². The van der Waals surface area contributed by atoms with E-state index in [2.05, 4.69) is 20.9 Å². The molecule has 32 heavy (non-hydrogen) atoms. The molecule has 10 nitrogen and oxygen atoms in total. The Morgan fingerprint density at radius 2 is 2.06 bits per heavy atom. The maximum Gasteiger partial charge on any atom is 0.408 e. The second kappa shape index (κ2) is 7.59. The van der Waals surface area contributed by atoms with Crippen molar-refractivity contribution in [1.82, 2.24) is 14.5 Å². The molecule has 0 radical (unpaired) electrons. The van der Waals surface area contributed by atoms with E-state index in [0.29, 0.717) is 5.58 Å². The maximum absolute atomic E-state index is 13.4. The van der Waals surface area contributed by atoms with E-state index in [1.165, 1.54) is 7.05 Å². The first-order valence-corrected chi connectivity index (χ1v) is 11.1. The standard InChI is InChI=1S/C21H21BrN4O6/c1-10-13(22)6-5-12-16(10)26(11-3-4-11)19(28)15-17(12)32-20(23-15)24(2)18(27)14-9-31-8-7-25(14)21(29)30/h5-6,11,14H,3-4,7-9H2,1-2H3,(H,29,30). The Bertz CT molecular complexity index is 1330. The van der Waals surface area contributed by atoms with Crippen LogP contribution in [0.5, 0.6) is 0 Å². The Morgan fingerprint density at radius 1 is 1.31 bits per heavy atom. The maximum atomic E-state index is 13.4. The van der Waals surface area contributed by atoms with E-state index in [4.69, 9.17) is 9.15 Å². The van der Waals surface area contributed by atoms with E-state index in [1.807, 2.05) is 19.1 Å². The Hall–Kier alpha value is -2.92. The molecule has 1 aliphatic carbocycles. The highest BCUT2D eigenvalue weighted by Crippen LogP contribution is 2.40. The summed E-state index contributed by atoms with van der Waals surface area (Å²) in [6.45, 7) is 2.20. The molecule has 5 rings (SSSR count). The van der Waals surface area contributed by atoms with Crippen molar-refractivity contribution in [3.63, 3.8) is 0 Å². The zero-order valence-electron chi connectivity index (χ0n) is 17.5. The van der Waals surface area contributed by atoms with Crippen molar-refractivity contribution in [2.24, 2.45) is 0 Å². The van der Waals surface area contributed by atoms with Crippen molar-refractivity contribution in [3.8, 4) is 0 Å². The van der Waals surface area contributed by atoms with E-state index >= 15 is 0 Å². The summed E-state index contributed by atoms with van der Waals surface area (Å²) in [6, 6.07) is 2.79. The molecule has 168 valence electrons. The smallest absolute Gasteiger partial charge is 0.408 e. The van der Waals surface area contributed by atoms with Gasteiger partial charge in [-0.2, -0.15) is 4.98 Å². The van der Waals surface area contributed by atoms with Crippen LogP contribution in [-0.2, 0) is 9.53 Å². The van der Waals surface area contributed by atoms with Gasteiger partial charge in [0.1, 0.15) is 6.04 Å². The topological polar surface area (TPSA) is 118 Å². The second-order valence-electron chi connectivity index (χ2n) is 8.11. The van der Waals surface area contributed by atoms with E-state index in [9.17, 15) is 19.5 Å². The van der Waals surface area contributed by atoms with Crippen LogP contribution in [-0.4, -0.2) is 64.4 Å². The number of morpholine rings is 1. The van der Waals surface area contributed by atoms with Gasteiger partial charge in [-0.15, -0.1) is 0 Å². The number of halogens is 1. The van der Waals surface area contributed by atoms with Crippen molar-refractivity contribution in [2.45, 2.75) is 31.8 Å². The van der Waals surface area contributed by atoms with Crippen LogP contribution in [0.2, 0.25) is 0 Å². The quantitative estimate of drug-likeness (QED) is 0.582. The molecule has 2 aliphatic rings. The molecular formula is C21H21BrN4O6. The third kappa shape index (κ3) is 3.18. The van der Waals surface area contributed by atoms with Crippen molar-refractivity contribution in [2.75, 3.05) is 31.7 Å². The summed E-state index contributed by atoms with van der Waals surface area (Å²) in [5.74, 6) is -0.538. The number of aromatic nitrogens is 2. The Labute approximate surface area is 190 Å². The van der Waals surface area contributed by atoms with E-state index in [1.54, 1.807) is 4.57 Å². The van der Waals surface area contributed by atoms with Gasteiger partial charge in [0.2, 0.25) is 0 Å². The van der Waals surface area contributed by atoms with Gasteiger partial charge >= 0.3 is 12.1 Å². The third-order valence-electron chi connectivity index (χ3n) is 6.08. The van der Waals surface area contributed by atoms with Crippen LogP contribution in [0.1, 0.15) is 24.4 Å². The molecule has 1 N–H and O–H groups in total. The monoisotopic (exact) mass is 504 g/mol. The summed E-state index contributed by atoms with van der Waals surface area (Å²) in [5.41, 5.74) is 1.90. The number of nitrogens with zero attached hydrogens (tertiary/aromatic N) is 4. The van der Waals surface area contributed by atoms with Gasteiger partial charge in [-0.25, -0.2) is 4.79 Å². The molecule has 3 aromatic rings. The van der Waals surface area contributed by atoms with Crippen LogP contribution in [0.25, 0.3) is 22.0 Å². The van der Waals surface area contributed by atoms with Gasteiger partial charge < -0.3 is 18.8 Å². The van der Waals surface area contributed by atoms with Crippen LogP contribution in [0, 0.1) is 6.92 Å². The van der Waals surface area contributed by atoms with E-state index < -0.39 is 18.0 Å². The zero-order valence-corrected chi connectivity index (χ0v) is 19.1. The normalized spacial score (nSPS) is 19.0. The summed E-state index contributed by atoms with van der Waals surface area (Å²) in [7, 11) is 1.45. The number of anilines is 1. The summed E-state index contributed by atoms with van der Waals surface area (Å²) >= 11 is 3.54. The largest absolute Gasteiger partial charge is 0.465 e. The van der Waals surface area contributed by atoms with Crippen LogP contribution in [0.3, 0.4) is 0 Å². The molecule has 1 aliphatic heterocycles. The minimum absolute atomic E-state index is 0.0552. The van der Waals surface area contributed by atoms with Crippen LogP contribution < -0.4 is 10.5 Å². The SMILES string of the molecule is Cc1c(Br)ccc2c3oc(N(C)C(=O)C4COCCN4C(=O)O)nc3c(=O)n(C3CC3)c12. The number of aryl methyl sites for hydroxylation is 1. The molecule has 1 unspecified atom stereocenters. The molecular weight excluding hydrogens is 484 g/mol. The molecule has 3 heterocycles. The van der Waals surface area contributed by atoms with Gasteiger partial charge in [0, 0.05) is 29.5 Å². The molecule has 0 spiro atoms. The fraction of sp³-hybridized carbons (Fsp3) is 0.429. The first kappa shape index (κ1) is 21.0. The molecule has 11 heteroatoms. The van der Waals surface area contributed by atoms with Gasteiger partial charge in [0.05, 0.1) is 18.7 Å². The molecule has 0 bridgehead atoms. The Morgan fingerprint density at radius 3 is 2.75 bits per heavy atom. The Kier molecular flexibility index (Phi) is 4.97. The number of benzene rings is 1. The fourth-order valence-electron chi connectivity index (χ4n) is 4.20. The number of hydrogen-bond acceptors (Lipinski definition) is 6. The molecule has 1 atom stereocenters. The highest BCUT2D eigenvalue weighted by molar-refractivity contribution is 9.10. The highest BCUT2D eigenvalue weighted by Gasteiger charge is 2.37. The molecule has 1 saturated heterocycles. The predicted molar refractivity (Wildman–Crippen MR) is 119 cm³/mol. The van der Waals surface area contributed by atoms with Gasteiger partial charge in [-0.1, -0.05) is 15.9 Å². The van der Waals surface area contributed by atoms with E-state index in [0.717, 1.165) is 43.6 Å². The molecule has 2 aromatic heterocycles. The van der Waals surface area contributed by atoms with Gasteiger partial charge in [0.15, 0.2) is 11.1 Å². The number of carbonyl (C=O) groups is 2. The number of carboxylic acid groups (broad SMARTS) is 1. The predicted octanol–water partition coefficient (Wildman–Crippen LogP) is 2.89. The number of ether oxygens (including phenoxy) is 1. The van der Waals surface area contributed by atoms with E-state index in [-0.39, 0.29) is 42.9 Å². The fourth-order valence-corrected chi connectivity index (χ4v) is 4.52. The molecule has 1 saturated carbocycles. The number of fused-ring (bicyclic) bond motifs is 3. The number of carbonyl (C=O) groups excluding carboxylic acids is 1. The van der Waals surface area contributed by atoms with Crippen molar-refractivity contribution >= 4 is 55.9 Å². The third-order valence-corrected chi connectivity index (χ3v) is 6.94. The van der Waals surface area contributed by atoms with Gasteiger partial charge in [-0.3, -0.25) is 19.4 Å². The summed E-state index contributed by atoms with van der Waals surface area (Å²) in [5, 5.41) is 10.2. The lowest BCUT2D eigenvalue weighted by atomic mass is 10.1. The first-order chi connectivity index (χ1) is 15.3. The Balaban J connectivity index is 1.63. The minimum Gasteiger partial charge on any atom is -0.465 e. The van der Waals surface area contributed by atoms with Crippen molar-refractivity contribution in [1.29, 1.82) is 0 Å². The minimum atomic E-state index is -1.20. The summed E-state index contributed by atoms with van der Waals surface area (Å²) in [4.78, 5) is 44.5. The van der Waals surface area contributed by atoms with Crippen LogP contribution in [0.15, 0.2) is 25.8 Å². The number of hydrogen-bond donors (Lipinski definition) is 1. The molecule has 2 amide bonds. The second-order valence-corrected chi connectivity index (χ2v) is 8.97. The number of pyridine rings is 1. The lowest BCUT2D eigenvalue weighted by Gasteiger charge is -2.33. The van der Waals surface area contributed by atoms with Crippen molar-refractivity contribution < 1.29 is 23.8 Å². The number of likely N-dealkylation sites (N-methyl/N-ethyl adjacent to an activating group) is 1. The van der Waals surface area contributed by atoms with Crippen molar-refractivity contribution in [3.05, 3.63) is 32.5 Å². The number of oxazole rings is 1. The first-order valence-electron chi connectivity index (χ1n) is 10.3. The average molecular weight is 505 g/mol. The lowest BCUT2D eigenvalue weighted by Crippen LogP contribution is -2.56. The van der Waals surface area contributed by atoms with Crippen LogP contribution in [0.4, 0.5) is 10.8 Å². The lowest BCUT2D eigenvalue weighted by molar-refractivity contribution is -0.128. The van der Waals surface area contributed by atoms with Gasteiger partial charge in [-0.05, 0) is 37.5 Å². The summed E-state index contributed by atoms with van der Waals surface area (Å²) < 4.78 is 13.9. The number of rotatable bonds is 3. The zero-order chi connectivity index (χ0) is 22.7. The highest BCUT2D eigenvalue weighted by atomic mass is 79.9. The molecule has 2 fully saturated rings.